The Bertz CT molecular complexity index is 702. The van der Waals surface area contributed by atoms with Gasteiger partial charge < -0.3 is 15.1 Å². The van der Waals surface area contributed by atoms with Crippen LogP contribution in [0.3, 0.4) is 0 Å². The van der Waals surface area contributed by atoms with Gasteiger partial charge in [0.25, 0.3) is 0 Å². The summed E-state index contributed by atoms with van der Waals surface area (Å²) in [5.74, 6) is 0.442. The molecule has 0 radical (unpaired) electrons. The Labute approximate surface area is 150 Å². The third kappa shape index (κ3) is 5.16. The molecular formula is C17H27N3O2S2. The maximum atomic E-state index is 11.8. The minimum Gasteiger partial charge on any atom is -0.344 e. The van der Waals surface area contributed by atoms with Gasteiger partial charge in [0.05, 0.1) is 11.5 Å². The summed E-state index contributed by atoms with van der Waals surface area (Å²) in [6.45, 7) is 5.68. The predicted molar refractivity (Wildman–Crippen MR) is 104 cm³/mol. The number of thiocarbonyl (C=S) groups is 1. The van der Waals surface area contributed by atoms with Gasteiger partial charge in [0.1, 0.15) is 0 Å². The predicted octanol–water partition coefficient (Wildman–Crippen LogP) is 2.05. The molecule has 134 valence electrons. The molecule has 1 atom stereocenters. The Morgan fingerprint density at radius 1 is 1.25 bits per heavy atom. The van der Waals surface area contributed by atoms with Gasteiger partial charge in [-0.3, -0.25) is 0 Å². The molecule has 24 heavy (non-hydrogen) atoms. The second-order valence-corrected chi connectivity index (χ2v) is 9.40. The molecule has 0 bridgehead atoms. The summed E-state index contributed by atoms with van der Waals surface area (Å²) in [5.41, 5.74) is 3.38. The van der Waals surface area contributed by atoms with Crippen LogP contribution in [0.25, 0.3) is 0 Å². The van der Waals surface area contributed by atoms with Crippen molar-refractivity contribution in [3.63, 3.8) is 0 Å². The molecule has 0 aliphatic carbocycles. The molecule has 1 aliphatic heterocycles. The summed E-state index contributed by atoms with van der Waals surface area (Å²) in [6.07, 6.45) is 0.643. The highest BCUT2D eigenvalue weighted by atomic mass is 32.2. The number of rotatable bonds is 5. The van der Waals surface area contributed by atoms with Gasteiger partial charge in [-0.15, -0.1) is 0 Å². The maximum absolute atomic E-state index is 11.8. The lowest BCUT2D eigenvalue weighted by Gasteiger charge is -2.32. The molecule has 0 aromatic heterocycles. The first-order valence-electron chi connectivity index (χ1n) is 8.18. The summed E-state index contributed by atoms with van der Waals surface area (Å²) in [6, 6.07) is 6.09. The topological polar surface area (TPSA) is 52.6 Å². The van der Waals surface area contributed by atoms with Crippen molar-refractivity contribution in [2.24, 2.45) is 0 Å². The largest absolute Gasteiger partial charge is 0.344 e. The van der Waals surface area contributed by atoms with E-state index in [1.807, 2.05) is 25.1 Å². The highest BCUT2D eigenvalue weighted by molar-refractivity contribution is 7.91. The number of anilines is 1. The minimum atomic E-state index is -2.94. The van der Waals surface area contributed by atoms with Gasteiger partial charge >= 0.3 is 0 Å². The van der Waals surface area contributed by atoms with Crippen LogP contribution in [-0.4, -0.2) is 68.1 Å². The van der Waals surface area contributed by atoms with E-state index in [0.29, 0.717) is 18.1 Å². The first-order chi connectivity index (χ1) is 11.2. The molecule has 1 N–H and O–H groups in total. The van der Waals surface area contributed by atoms with Gasteiger partial charge in [0.15, 0.2) is 14.9 Å². The van der Waals surface area contributed by atoms with E-state index in [1.54, 1.807) is 0 Å². The van der Waals surface area contributed by atoms with Gasteiger partial charge in [-0.05, 0) is 69.8 Å². The number of nitrogens with one attached hydrogen (secondary N) is 1. The monoisotopic (exact) mass is 369 g/mol. The lowest BCUT2D eigenvalue weighted by atomic mass is 10.1. The fraction of sp³-hybridized carbons (Fsp3) is 0.588. The third-order valence-electron chi connectivity index (χ3n) is 4.46. The molecule has 0 spiro atoms. The Hall–Kier alpha value is -1.18. The minimum absolute atomic E-state index is 0.0403. The van der Waals surface area contributed by atoms with E-state index in [4.69, 9.17) is 12.2 Å². The maximum Gasteiger partial charge on any atom is 0.173 e. The molecule has 0 saturated carbocycles. The second kappa shape index (κ2) is 7.80. The zero-order valence-electron chi connectivity index (χ0n) is 14.9. The van der Waals surface area contributed by atoms with E-state index >= 15 is 0 Å². The number of hydrogen-bond acceptors (Lipinski definition) is 4. The van der Waals surface area contributed by atoms with E-state index in [0.717, 1.165) is 12.2 Å². The molecule has 2 rings (SSSR count). The zero-order chi connectivity index (χ0) is 17.9. The van der Waals surface area contributed by atoms with Gasteiger partial charge in [-0.1, -0.05) is 6.07 Å². The molecule has 1 heterocycles. The molecule has 1 saturated heterocycles. The smallest absolute Gasteiger partial charge is 0.173 e. The van der Waals surface area contributed by atoms with Crippen molar-refractivity contribution >= 4 is 32.9 Å². The van der Waals surface area contributed by atoms with Crippen molar-refractivity contribution in [1.82, 2.24) is 9.80 Å². The van der Waals surface area contributed by atoms with E-state index in [2.05, 4.69) is 36.2 Å². The van der Waals surface area contributed by atoms with Gasteiger partial charge in [-0.25, -0.2) is 8.42 Å². The SMILES string of the molecule is Cc1ccc(NC(=S)N(CCN(C)C)[C@@H]2CCS(=O)(=O)C2)cc1C. The highest BCUT2D eigenvalue weighted by Gasteiger charge is 2.33. The molecule has 1 fully saturated rings. The van der Waals surface area contributed by atoms with E-state index < -0.39 is 9.84 Å². The van der Waals surface area contributed by atoms with Crippen LogP contribution >= 0.6 is 12.2 Å². The number of aryl methyl sites for hydroxylation is 2. The standard InChI is InChI=1S/C17H27N3O2S2/c1-13-5-6-15(11-14(13)2)18-17(23)20(9-8-19(3)4)16-7-10-24(21,22)12-16/h5-6,11,16H,7-10,12H2,1-4H3,(H,18,23)/t16-/m1/s1. The first kappa shape index (κ1) is 19.1. The van der Waals surface area contributed by atoms with E-state index in [-0.39, 0.29) is 17.5 Å². The average Bonchev–Trinajstić information content (AvgIpc) is 2.83. The summed E-state index contributed by atoms with van der Waals surface area (Å²) in [7, 11) is 1.07. The van der Waals surface area contributed by atoms with E-state index in [9.17, 15) is 8.42 Å². The molecule has 0 amide bonds. The molecule has 1 aromatic rings. The fourth-order valence-electron chi connectivity index (χ4n) is 2.79. The Kier molecular flexibility index (Phi) is 6.22. The van der Waals surface area contributed by atoms with Crippen LogP contribution in [0.4, 0.5) is 5.69 Å². The van der Waals surface area contributed by atoms with Crippen molar-refractivity contribution in [1.29, 1.82) is 0 Å². The van der Waals surface area contributed by atoms with Crippen LogP contribution in [-0.2, 0) is 9.84 Å². The quantitative estimate of drug-likeness (QED) is 0.802. The van der Waals surface area contributed by atoms with Crippen molar-refractivity contribution in [3.05, 3.63) is 29.3 Å². The van der Waals surface area contributed by atoms with Crippen LogP contribution in [0.1, 0.15) is 17.5 Å². The van der Waals surface area contributed by atoms with Gasteiger partial charge in [0.2, 0.25) is 0 Å². The lowest BCUT2D eigenvalue weighted by molar-refractivity contribution is 0.289. The van der Waals surface area contributed by atoms with Crippen LogP contribution < -0.4 is 5.32 Å². The van der Waals surface area contributed by atoms with Crippen LogP contribution in [0, 0.1) is 13.8 Å². The Morgan fingerprint density at radius 3 is 2.50 bits per heavy atom. The summed E-state index contributed by atoms with van der Waals surface area (Å²) in [5, 5.41) is 3.88. The number of benzene rings is 1. The lowest BCUT2D eigenvalue weighted by Crippen LogP contribution is -2.46. The molecular weight excluding hydrogens is 342 g/mol. The zero-order valence-corrected chi connectivity index (χ0v) is 16.5. The molecule has 7 heteroatoms. The van der Waals surface area contributed by atoms with Crippen LogP contribution in [0.5, 0.6) is 0 Å². The normalized spacial score (nSPS) is 19.5. The van der Waals surface area contributed by atoms with E-state index in [1.165, 1.54) is 11.1 Å². The number of hydrogen-bond donors (Lipinski definition) is 1. The van der Waals surface area contributed by atoms with Crippen molar-refractivity contribution < 1.29 is 8.42 Å². The molecule has 5 nitrogen and oxygen atoms in total. The highest BCUT2D eigenvalue weighted by Crippen LogP contribution is 2.20. The van der Waals surface area contributed by atoms with Gasteiger partial charge in [-0.2, -0.15) is 0 Å². The molecule has 1 aliphatic rings. The van der Waals surface area contributed by atoms with Gasteiger partial charge in [0, 0.05) is 24.8 Å². The third-order valence-corrected chi connectivity index (χ3v) is 6.54. The number of nitrogens with zero attached hydrogens (tertiary/aromatic N) is 2. The van der Waals surface area contributed by atoms with Crippen LogP contribution in [0.2, 0.25) is 0 Å². The first-order valence-corrected chi connectivity index (χ1v) is 10.4. The Balaban J connectivity index is 2.12. The summed E-state index contributed by atoms with van der Waals surface area (Å²) >= 11 is 5.60. The van der Waals surface area contributed by atoms with Crippen LogP contribution in [0.15, 0.2) is 18.2 Å². The molecule has 1 aromatic carbocycles. The van der Waals surface area contributed by atoms with Crippen molar-refractivity contribution in [2.45, 2.75) is 26.3 Å². The number of likely N-dealkylation sites (N-methyl/N-ethyl adjacent to an activating group) is 1. The van der Waals surface area contributed by atoms with Crippen molar-refractivity contribution in [3.8, 4) is 0 Å². The molecule has 0 unspecified atom stereocenters. The summed E-state index contributed by atoms with van der Waals surface area (Å²) < 4.78 is 23.7. The van der Waals surface area contributed by atoms with Crippen molar-refractivity contribution in [2.75, 3.05) is 44.0 Å². The number of sulfone groups is 1. The second-order valence-electron chi connectivity index (χ2n) is 6.78. The summed E-state index contributed by atoms with van der Waals surface area (Å²) in [4.78, 5) is 4.12. The Morgan fingerprint density at radius 2 is 1.96 bits per heavy atom. The fourth-order valence-corrected chi connectivity index (χ4v) is 4.88. The average molecular weight is 370 g/mol.